The van der Waals surface area contributed by atoms with E-state index < -0.39 is 0 Å². The van der Waals surface area contributed by atoms with Crippen molar-refractivity contribution in [2.45, 2.75) is 38.9 Å². The number of rotatable bonds is 6. The molecule has 0 aliphatic rings. The molecule has 7 heteroatoms. The number of hydrogen-bond acceptors (Lipinski definition) is 5. The summed E-state index contributed by atoms with van der Waals surface area (Å²) in [6.07, 6.45) is 0. The molecule has 0 saturated carbocycles. The van der Waals surface area contributed by atoms with Crippen LogP contribution in [0, 0.1) is 12.8 Å². The highest BCUT2D eigenvalue weighted by Crippen LogP contribution is 2.28. The van der Waals surface area contributed by atoms with Gasteiger partial charge >= 0.3 is 0 Å². The Morgan fingerprint density at radius 1 is 1.27 bits per heavy atom. The highest BCUT2D eigenvalue weighted by Gasteiger charge is 2.15. The molecule has 6 nitrogen and oxygen atoms in total. The molecule has 3 aromatic rings. The van der Waals surface area contributed by atoms with Gasteiger partial charge in [-0.15, -0.1) is 10.2 Å². The van der Waals surface area contributed by atoms with Crippen molar-refractivity contribution in [2.75, 3.05) is 12.9 Å². The van der Waals surface area contributed by atoms with E-state index in [1.807, 2.05) is 35.6 Å². The number of carbonyl (C=O) groups excluding carboxylic acids is 1. The molecule has 0 radical (unpaired) electrons. The fourth-order valence-electron chi connectivity index (χ4n) is 2.72. The normalized spacial score (nSPS) is 12.7. The van der Waals surface area contributed by atoms with E-state index in [9.17, 15) is 4.79 Å². The molecule has 1 amide bonds. The van der Waals surface area contributed by atoms with Gasteiger partial charge in [0.25, 0.3) is 0 Å². The molecule has 0 aliphatic heterocycles. The van der Waals surface area contributed by atoms with Crippen molar-refractivity contribution in [1.29, 1.82) is 0 Å². The Morgan fingerprint density at radius 2 is 2.04 bits per heavy atom. The maximum atomic E-state index is 12.2. The quantitative estimate of drug-likeness (QED) is 0.671. The zero-order chi connectivity index (χ0) is 18.8. The highest BCUT2D eigenvalue weighted by molar-refractivity contribution is 7.99. The monoisotopic (exact) mass is 372 g/mol. The second-order valence-corrected chi connectivity index (χ2v) is 7.72. The van der Waals surface area contributed by atoms with E-state index in [0.717, 1.165) is 27.9 Å². The van der Waals surface area contributed by atoms with Crippen molar-refractivity contribution in [3.8, 4) is 5.75 Å². The van der Waals surface area contributed by atoms with Crippen LogP contribution in [-0.2, 0) is 4.79 Å². The maximum absolute atomic E-state index is 12.2. The van der Waals surface area contributed by atoms with E-state index in [-0.39, 0.29) is 11.9 Å². The first-order valence-corrected chi connectivity index (χ1v) is 9.64. The highest BCUT2D eigenvalue weighted by atomic mass is 32.2. The first-order valence-electron chi connectivity index (χ1n) is 8.65. The van der Waals surface area contributed by atoms with E-state index >= 15 is 0 Å². The second kappa shape index (κ2) is 7.53. The number of pyridine rings is 1. The van der Waals surface area contributed by atoms with Crippen molar-refractivity contribution in [2.24, 2.45) is 5.92 Å². The van der Waals surface area contributed by atoms with E-state index in [4.69, 9.17) is 4.74 Å². The first kappa shape index (κ1) is 18.5. The summed E-state index contributed by atoms with van der Waals surface area (Å²) in [6, 6.07) is 8.11. The predicted octanol–water partition coefficient (Wildman–Crippen LogP) is 3.45. The summed E-state index contributed by atoms with van der Waals surface area (Å²) in [7, 11) is 1.65. The molecule has 0 spiro atoms. The number of thioether (sulfide) groups is 1. The van der Waals surface area contributed by atoms with Crippen LogP contribution in [0.1, 0.15) is 26.3 Å². The van der Waals surface area contributed by atoms with E-state index in [0.29, 0.717) is 16.8 Å². The third-order valence-corrected chi connectivity index (χ3v) is 5.52. The van der Waals surface area contributed by atoms with Crippen LogP contribution in [0.2, 0.25) is 0 Å². The lowest BCUT2D eigenvalue weighted by molar-refractivity contribution is -0.119. The summed E-state index contributed by atoms with van der Waals surface area (Å²) in [5.41, 5.74) is 2.87. The number of benzene rings is 1. The smallest absolute Gasteiger partial charge is 0.230 e. The molecular formula is C19H24N4O2S. The Labute approximate surface area is 157 Å². The van der Waals surface area contributed by atoms with Crippen LogP contribution in [0.25, 0.3) is 16.6 Å². The standard InChI is InChI=1S/C19H24N4O2S/c1-11(2)13(4)20-18(24)10-26-19-22-21-17-8-12(3)15-7-6-14(25-5)9-16(15)23(17)19/h6-9,11,13H,10H2,1-5H3,(H,20,24). The minimum Gasteiger partial charge on any atom is -0.497 e. The fraction of sp³-hybridized carbons (Fsp3) is 0.421. The third-order valence-electron chi connectivity index (χ3n) is 4.60. The fourth-order valence-corrected chi connectivity index (χ4v) is 3.48. The van der Waals surface area contributed by atoms with Gasteiger partial charge in [0, 0.05) is 17.5 Å². The van der Waals surface area contributed by atoms with E-state index in [1.54, 1.807) is 7.11 Å². The van der Waals surface area contributed by atoms with Gasteiger partial charge in [0.05, 0.1) is 18.4 Å². The van der Waals surface area contributed by atoms with Crippen LogP contribution in [0.5, 0.6) is 5.75 Å². The maximum Gasteiger partial charge on any atom is 0.230 e. The molecule has 2 aromatic heterocycles. The molecule has 0 fully saturated rings. The number of aryl methyl sites for hydroxylation is 1. The molecule has 1 unspecified atom stereocenters. The van der Waals surface area contributed by atoms with Crippen molar-refractivity contribution < 1.29 is 9.53 Å². The molecule has 1 aromatic carbocycles. The zero-order valence-corrected chi connectivity index (χ0v) is 16.6. The summed E-state index contributed by atoms with van der Waals surface area (Å²) in [4.78, 5) is 12.2. The number of hydrogen-bond donors (Lipinski definition) is 1. The number of methoxy groups -OCH3 is 1. The lowest BCUT2D eigenvalue weighted by atomic mass is 10.1. The van der Waals surface area contributed by atoms with Gasteiger partial charge in [0.1, 0.15) is 5.75 Å². The molecule has 138 valence electrons. The summed E-state index contributed by atoms with van der Waals surface area (Å²) in [5, 5.41) is 13.4. The largest absolute Gasteiger partial charge is 0.497 e. The van der Waals surface area contributed by atoms with Crippen LogP contribution in [0.15, 0.2) is 29.4 Å². The average molecular weight is 372 g/mol. The van der Waals surface area contributed by atoms with Crippen LogP contribution < -0.4 is 10.1 Å². The summed E-state index contributed by atoms with van der Waals surface area (Å²) >= 11 is 1.39. The van der Waals surface area contributed by atoms with Crippen LogP contribution in [0.3, 0.4) is 0 Å². The number of amides is 1. The summed E-state index contributed by atoms with van der Waals surface area (Å²) in [5.74, 6) is 1.48. The lowest BCUT2D eigenvalue weighted by Crippen LogP contribution is -2.37. The lowest BCUT2D eigenvalue weighted by Gasteiger charge is -2.17. The predicted molar refractivity (Wildman–Crippen MR) is 105 cm³/mol. The van der Waals surface area contributed by atoms with Gasteiger partial charge in [-0.2, -0.15) is 0 Å². The van der Waals surface area contributed by atoms with E-state index in [2.05, 4.69) is 36.3 Å². The number of ether oxygens (including phenoxy) is 1. The molecular weight excluding hydrogens is 348 g/mol. The van der Waals surface area contributed by atoms with Gasteiger partial charge < -0.3 is 10.1 Å². The molecule has 2 heterocycles. The number of carbonyl (C=O) groups is 1. The topological polar surface area (TPSA) is 68.5 Å². The van der Waals surface area contributed by atoms with Gasteiger partial charge in [0.15, 0.2) is 10.8 Å². The van der Waals surface area contributed by atoms with Crippen molar-refractivity contribution in [1.82, 2.24) is 19.9 Å². The average Bonchev–Trinajstić information content (AvgIpc) is 3.02. The van der Waals surface area contributed by atoms with Crippen LogP contribution >= 0.6 is 11.8 Å². The molecule has 1 atom stereocenters. The van der Waals surface area contributed by atoms with Crippen molar-refractivity contribution in [3.63, 3.8) is 0 Å². The van der Waals surface area contributed by atoms with Gasteiger partial charge in [-0.05, 0) is 43.5 Å². The third kappa shape index (κ3) is 3.62. The molecule has 3 rings (SSSR count). The Morgan fingerprint density at radius 3 is 2.73 bits per heavy atom. The molecule has 26 heavy (non-hydrogen) atoms. The molecule has 0 aliphatic carbocycles. The SMILES string of the molecule is COc1ccc2c(C)cc3nnc(SCC(=O)NC(C)C(C)C)n3c2c1. The number of aromatic nitrogens is 3. The van der Waals surface area contributed by atoms with Crippen molar-refractivity contribution >= 4 is 34.2 Å². The Balaban J connectivity index is 1.92. The van der Waals surface area contributed by atoms with E-state index in [1.165, 1.54) is 11.8 Å². The Bertz CT molecular complexity index is 952. The van der Waals surface area contributed by atoms with Crippen molar-refractivity contribution in [3.05, 3.63) is 29.8 Å². The molecule has 0 saturated heterocycles. The minimum atomic E-state index is 0.00180. The van der Waals surface area contributed by atoms with Gasteiger partial charge in [-0.1, -0.05) is 25.6 Å². The minimum absolute atomic E-state index is 0.00180. The van der Waals surface area contributed by atoms with Crippen LogP contribution in [0.4, 0.5) is 0 Å². The Hall–Kier alpha value is -2.28. The van der Waals surface area contributed by atoms with Gasteiger partial charge in [-0.3, -0.25) is 9.20 Å². The number of nitrogens with zero attached hydrogens (tertiary/aromatic N) is 3. The van der Waals surface area contributed by atoms with Crippen LogP contribution in [-0.4, -0.2) is 39.4 Å². The second-order valence-electron chi connectivity index (χ2n) is 6.78. The van der Waals surface area contributed by atoms with Gasteiger partial charge in [-0.25, -0.2) is 0 Å². The summed E-state index contributed by atoms with van der Waals surface area (Å²) < 4.78 is 7.35. The summed E-state index contributed by atoms with van der Waals surface area (Å²) in [6.45, 7) is 8.25. The zero-order valence-electron chi connectivity index (χ0n) is 15.7. The van der Waals surface area contributed by atoms with Gasteiger partial charge in [0.2, 0.25) is 5.91 Å². The molecule has 1 N–H and O–H groups in total. The number of nitrogens with one attached hydrogen (secondary N) is 1. The molecule has 0 bridgehead atoms. The Kier molecular flexibility index (Phi) is 5.36. The number of fused-ring (bicyclic) bond motifs is 3. The first-order chi connectivity index (χ1) is 12.4.